The van der Waals surface area contributed by atoms with E-state index in [4.69, 9.17) is 9.84 Å². The molecule has 1 amide bonds. The number of amides is 1. The van der Waals surface area contributed by atoms with Gasteiger partial charge in [0.05, 0.1) is 11.7 Å². The van der Waals surface area contributed by atoms with E-state index in [0.717, 1.165) is 12.8 Å². The minimum absolute atomic E-state index is 0.0000916. The standard InChI is InChI=1S/C13H16N2O4/c1-8-7-9(4-6-19-8)15-12(16)11-10(13(17)18)3-2-5-14-11/h2-3,5,8-9H,4,6-7H2,1H3,(H,15,16)(H,17,18). The van der Waals surface area contributed by atoms with E-state index in [1.165, 1.54) is 18.3 Å². The van der Waals surface area contributed by atoms with Crippen LogP contribution < -0.4 is 5.32 Å². The van der Waals surface area contributed by atoms with Crippen LogP contribution in [0.1, 0.15) is 40.6 Å². The Balaban J connectivity index is 2.09. The van der Waals surface area contributed by atoms with Gasteiger partial charge in [-0.15, -0.1) is 0 Å². The molecule has 0 spiro atoms. The lowest BCUT2D eigenvalue weighted by molar-refractivity contribution is 0.0135. The number of nitrogens with zero attached hydrogens (tertiary/aromatic N) is 1. The number of aromatic carboxylic acids is 1. The molecule has 2 unspecified atom stereocenters. The van der Waals surface area contributed by atoms with Crippen molar-refractivity contribution in [2.75, 3.05) is 6.61 Å². The first-order valence-electron chi connectivity index (χ1n) is 6.18. The molecule has 0 radical (unpaired) electrons. The van der Waals surface area contributed by atoms with Crippen molar-refractivity contribution in [3.05, 3.63) is 29.6 Å². The molecule has 6 heteroatoms. The van der Waals surface area contributed by atoms with Gasteiger partial charge in [-0.3, -0.25) is 9.78 Å². The molecule has 0 aromatic carbocycles. The maximum Gasteiger partial charge on any atom is 0.338 e. The third-order valence-corrected chi connectivity index (χ3v) is 3.07. The number of pyridine rings is 1. The van der Waals surface area contributed by atoms with Crippen molar-refractivity contribution in [1.29, 1.82) is 0 Å². The molecule has 1 fully saturated rings. The van der Waals surface area contributed by atoms with E-state index in [9.17, 15) is 9.59 Å². The number of carbonyl (C=O) groups excluding carboxylic acids is 1. The number of aromatic nitrogens is 1. The number of carboxylic acid groups (broad SMARTS) is 1. The van der Waals surface area contributed by atoms with Crippen LogP contribution in [0.4, 0.5) is 0 Å². The maximum atomic E-state index is 12.1. The molecule has 2 heterocycles. The molecule has 2 N–H and O–H groups in total. The van der Waals surface area contributed by atoms with Crippen molar-refractivity contribution in [3.8, 4) is 0 Å². The average molecular weight is 264 g/mol. The molecule has 2 rings (SSSR count). The molecular weight excluding hydrogens is 248 g/mol. The fraction of sp³-hybridized carbons (Fsp3) is 0.462. The Bertz CT molecular complexity index is 489. The molecule has 1 saturated heterocycles. The van der Waals surface area contributed by atoms with Gasteiger partial charge in [-0.2, -0.15) is 0 Å². The van der Waals surface area contributed by atoms with E-state index in [0.29, 0.717) is 6.61 Å². The molecule has 0 aliphatic carbocycles. The monoisotopic (exact) mass is 264 g/mol. The van der Waals surface area contributed by atoms with Crippen molar-refractivity contribution >= 4 is 11.9 Å². The van der Waals surface area contributed by atoms with Crippen molar-refractivity contribution in [1.82, 2.24) is 10.3 Å². The Kier molecular flexibility index (Phi) is 4.11. The van der Waals surface area contributed by atoms with Gasteiger partial charge in [0, 0.05) is 18.8 Å². The molecule has 1 aliphatic rings. The summed E-state index contributed by atoms with van der Waals surface area (Å²) in [5, 5.41) is 11.8. The quantitative estimate of drug-likeness (QED) is 0.852. The van der Waals surface area contributed by atoms with Gasteiger partial charge in [0.1, 0.15) is 5.69 Å². The van der Waals surface area contributed by atoms with Gasteiger partial charge >= 0.3 is 5.97 Å². The predicted molar refractivity (Wildman–Crippen MR) is 67.1 cm³/mol. The molecule has 1 aromatic heterocycles. The summed E-state index contributed by atoms with van der Waals surface area (Å²) in [4.78, 5) is 27.0. The van der Waals surface area contributed by atoms with Gasteiger partial charge < -0.3 is 15.2 Å². The normalized spacial score (nSPS) is 22.8. The zero-order valence-corrected chi connectivity index (χ0v) is 10.6. The third-order valence-electron chi connectivity index (χ3n) is 3.07. The van der Waals surface area contributed by atoms with E-state index < -0.39 is 11.9 Å². The van der Waals surface area contributed by atoms with E-state index in [2.05, 4.69) is 10.3 Å². The number of rotatable bonds is 3. The summed E-state index contributed by atoms with van der Waals surface area (Å²) in [6.07, 6.45) is 2.96. The number of hydrogen-bond donors (Lipinski definition) is 2. The summed E-state index contributed by atoms with van der Waals surface area (Å²) >= 11 is 0. The Hall–Kier alpha value is -1.95. The number of ether oxygens (including phenoxy) is 1. The Morgan fingerprint density at radius 1 is 1.53 bits per heavy atom. The van der Waals surface area contributed by atoms with Crippen LogP contribution in [0.15, 0.2) is 18.3 Å². The van der Waals surface area contributed by atoms with Crippen LogP contribution in [0.3, 0.4) is 0 Å². The van der Waals surface area contributed by atoms with E-state index in [1.54, 1.807) is 0 Å². The van der Waals surface area contributed by atoms with E-state index >= 15 is 0 Å². The zero-order valence-electron chi connectivity index (χ0n) is 10.6. The number of nitrogens with one attached hydrogen (secondary N) is 1. The molecule has 0 bridgehead atoms. The second kappa shape index (κ2) is 5.79. The van der Waals surface area contributed by atoms with Crippen LogP contribution in [-0.4, -0.2) is 40.7 Å². The minimum Gasteiger partial charge on any atom is -0.478 e. The molecule has 19 heavy (non-hydrogen) atoms. The van der Waals surface area contributed by atoms with Crippen molar-refractivity contribution in [3.63, 3.8) is 0 Å². The van der Waals surface area contributed by atoms with Crippen molar-refractivity contribution in [2.24, 2.45) is 0 Å². The molecule has 102 valence electrons. The lowest BCUT2D eigenvalue weighted by Gasteiger charge is -2.27. The second-order valence-corrected chi connectivity index (χ2v) is 4.58. The van der Waals surface area contributed by atoms with Crippen LogP contribution in [0, 0.1) is 0 Å². The Morgan fingerprint density at radius 2 is 2.32 bits per heavy atom. The molecule has 1 aromatic rings. The van der Waals surface area contributed by atoms with Gasteiger partial charge in [-0.1, -0.05) is 0 Å². The maximum absolute atomic E-state index is 12.1. The van der Waals surface area contributed by atoms with Crippen LogP contribution in [-0.2, 0) is 4.74 Å². The van der Waals surface area contributed by atoms with Crippen LogP contribution >= 0.6 is 0 Å². The van der Waals surface area contributed by atoms with Crippen LogP contribution in [0.25, 0.3) is 0 Å². The number of carbonyl (C=O) groups is 2. The number of carboxylic acids is 1. The first-order valence-corrected chi connectivity index (χ1v) is 6.18. The summed E-state index contributed by atoms with van der Waals surface area (Å²) in [6, 6.07) is 2.87. The zero-order chi connectivity index (χ0) is 13.8. The third kappa shape index (κ3) is 3.29. The molecule has 2 atom stereocenters. The van der Waals surface area contributed by atoms with Gasteiger partial charge in [0.2, 0.25) is 0 Å². The highest BCUT2D eigenvalue weighted by Crippen LogP contribution is 2.14. The highest BCUT2D eigenvalue weighted by Gasteiger charge is 2.24. The van der Waals surface area contributed by atoms with Crippen LogP contribution in [0.5, 0.6) is 0 Å². The average Bonchev–Trinajstić information content (AvgIpc) is 2.38. The lowest BCUT2D eigenvalue weighted by Crippen LogP contribution is -2.42. The lowest BCUT2D eigenvalue weighted by atomic mass is 10.0. The summed E-state index contributed by atoms with van der Waals surface area (Å²) < 4.78 is 5.40. The van der Waals surface area contributed by atoms with Crippen molar-refractivity contribution < 1.29 is 19.4 Å². The summed E-state index contributed by atoms with van der Waals surface area (Å²) in [6.45, 7) is 2.54. The predicted octanol–water partition coefficient (Wildman–Crippen LogP) is 1.08. The Morgan fingerprint density at radius 3 is 3.00 bits per heavy atom. The summed E-state index contributed by atoms with van der Waals surface area (Å²) in [7, 11) is 0. The van der Waals surface area contributed by atoms with Gasteiger partial charge in [-0.25, -0.2) is 4.79 Å². The number of hydrogen-bond acceptors (Lipinski definition) is 4. The summed E-state index contributed by atoms with van der Waals surface area (Å²) in [5.74, 6) is -1.60. The molecular formula is C13H16N2O4. The SMILES string of the molecule is CC1CC(NC(=O)c2ncccc2C(=O)O)CCO1. The minimum atomic E-state index is -1.15. The van der Waals surface area contributed by atoms with Gasteiger partial charge in [0.15, 0.2) is 0 Å². The van der Waals surface area contributed by atoms with Crippen molar-refractivity contribution in [2.45, 2.75) is 31.9 Å². The molecule has 1 aliphatic heterocycles. The van der Waals surface area contributed by atoms with Gasteiger partial charge in [0.25, 0.3) is 5.91 Å². The second-order valence-electron chi connectivity index (χ2n) is 4.58. The topological polar surface area (TPSA) is 88.5 Å². The smallest absolute Gasteiger partial charge is 0.338 e. The van der Waals surface area contributed by atoms with Gasteiger partial charge in [-0.05, 0) is 31.9 Å². The van der Waals surface area contributed by atoms with E-state index in [-0.39, 0.29) is 23.4 Å². The summed E-state index contributed by atoms with van der Waals surface area (Å²) in [5.41, 5.74) is -0.130. The Labute approximate surface area is 110 Å². The fourth-order valence-electron chi connectivity index (χ4n) is 2.14. The first kappa shape index (κ1) is 13.5. The fourth-order valence-corrected chi connectivity index (χ4v) is 2.14. The molecule has 6 nitrogen and oxygen atoms in total. The molecule has 0 saturated carbocycles. The highest BCUT2D eigenvalue weighted by atomic mass is 16.5. The first-order chi connectivity index (χ1) is 9.08. The van der Waals surface area contributed by atoms with Crippen LogP contribution in [0.2, 0.25) is 0 Å². The van der Waals surface area contributed by atoms with E-state index in [1.807, 2.05) is 6.92 Å². The highest BCUT2D eigenvalue weighted by molar-refractivity contribution is 6.03. The largest absolute Gasteiger partial charge is 0.478 e.